The number of hydrogen-bond donors (Lipinski definition) is 1. The minimum absolute atomic E-state index is 0.167. The predicted octanol–water partition coefficient (Wildman–Crippen LogP) is 4.18. The Morgan fingerprint density at radius 1 is 1.39 bits per heavy atom. The van der Waals surface area contributed by atoms with Crippen molar-refractivity contribution in [1.29, 1.82) is 0 Å². The normalized spacial score (nSPS) is 16.9. The van der Waals surface area contributed by atoms with E-state index in [4.69, 9.17) is 4.74 Å². The summed E-state index contributed by atoms with van der Waals surface area (Å²) in [5, 5.41) is 3.57. The topological polar surface area (TPSA) is 21.3 Å². The Kier molecular flexibility index (Phi) is 5.26. The molecule has 1 N–H and O–H groups in total. The maximum Gasteiger partial charge on any atom is 0.113 e. The summed E-state index contributed by atoms with van der Waals surface area (Å²) in [5.74, 6) is 1.07. The molecule has 0 saturated heterocycles. The molecule has 1 heterocycles. The summed E-state index contributed by atoms with van der Waals surface area (Å²) in [4.78, 5) is 0. The van der Waals surface area contributed by atoms with Crippen LogP contribution in [0.3, 0.4) is 0 Å². The summed E-state index contributed by atoms with van der Waals surface area (Å²) in [7, 11) is 0. The van der Waals surface area contributed by atoms with Gasteiger partial charge in [0.25, 0.3) is 0 Å². The maximum atomic E-state index is 5.82. The van der Waals surface area contributed by atoms with Gasteiger partial charge in [0, 0.05) is 4.47 Å². The Hall–Kier alpha value is -0.800. The molecule has 0 bridgehead atoms. The zero-order valence-corrected chi connectivity index (χ0v) is 12.4. The Balaban J connectivity index is 2.24. The number of nitrogens with one attached hydrogen (secondary N) is 1. The maximum absolute atomic E-state index is 5.82. The number of allylic oxidation sites excluding steroid dienone is 1. The highest BCUT2D eigenvalue weighted by Crippen LogP contribution is 2.30. The fraction of sp³-hybridized carbons (Fsp3) is 0.467. The van der Waals surface area contributed by atoms with Crippen LogP contribution in [0.5, 0.6) is 0 Å². The van der Waals surface area contributed by atoms with Gasteiger partial charge in [-0.15, -0.1) is 0 Å². The highest BCUT2D eigenvalue weighted by molar-refractivity contribution is 9.10. The quantitative estimate of drug-likeness (QED) is 0.881. The Morgan fingerprint density at radius 2 is 2.22 bits per heavy atom. The molecule has 1 aliphatic rings. The first kappa shape index (κ1) is 13.6. The third-order valence-corrected chi connectivity index (χ3v) is 3.78. The molecule has 1 aromatic carbocycles. The molecule has 0 spiro atoms. The summed E-state index contributed by atoms with van der Waals surface area (Å²) in [6, 6.07) is 8.51. The lowest BCUT2D eigenvalue weighted by Crippen LogP contribution is -2.26. The second-order valence-electron chi connectivity index (χ2n) is 4.51. The van der Waals surface area contributed by atoms with Crippen molar-refractivity contribution in [3.8, 4) is 0 Å². The van der Waals surface area contributed by atoms with E-state index in [2.05, 4.69) is 52.4 Å². The fourth-order valence-corrected chi connectivity index (χ4v) is 2.65. The molecule has 18 heavy (non-hydrogen) atoms. The highest BCUT2D eigenvalue weighted by atomic mass is 79.9. The average Bonchev–Trinajstić information content (AvgIpc) is 2.42. The molecule has 1 unspecified atom stereocenters. The largest absolute Gasteiger partial charge is 0.496 e. The molecular weight excluding hydrogens is 290 g/mol. The van der Waals surface area contributed by atoms with Crippen LogP contribution in [0.4, 0.5) is 0 Å². The van der Waals surface area contributed by atoms with Gasteiger partial charge in [-0.1, -0.05) is 41.1 Å². The second-order valence-corrected chi connectivity index (χ2v) is 5.36. The van der Waals surface area contributed by atoms with Crippen LogP contribution in [-0.2, 0) is 4.74 Å². The molecule has 0 saturated carbocycles. The minimum Gasteiger partial charge on any atom is -0.496 e. The molecule has 0 aliphatic carbocycles. The molecule has 0 aromatic heterocycles. The van der Waals surface area contributed by atoms with Gasteiger partial charge in [-0.2, -0.15) is 0 Å². The monoisotopic (exact) mass is 309 g/mol. The van der Waals surface area contributed by atoms with Gasteiger partial charge in [0.1, 0.15) is 5.76 Å². The summed E-state index contributed by atoms with van der Waals surface area (Å²) in [6.07, 6.45) is 5.58. The van der Waals surface area contributed by atoms with Crippen molar-refractivity contribution in [2.45, 2.75) is 32.2 Å². The van der Waals surface area contributed by atoms with Gasteiger partial charge in [-0.3, -0.25) is 0 Å². The van der Waals surface area contributed by atoms with E-state index in [0.29, 0.717) is 0 Å². The molecule has 1 atom stereocenters. The molecule has 98 valence electrons. The first-order valence-electron chi connectivity index (χ1n) is 6.63. The van der Waals surface area contributed by atoms with Gasteiger partial charge in [-0.25, -0.2) is 0 Å². The number of rotatable bonds is 5. The number of ether oxygens (including phenoxy) is 1. The lowest BCUT2D eigenvalue weighted by Gasteiger charge is -2.26. The van der Waals surface area contributed by atoms with Crippen LogP contribution in [0.25, 0.3) is 0 Å². The van der Waals surface area contributed by atoms with Gasteiger partial charge in [-0.05, 0) is 43.5 Å². The van der Waals surface area contributed by atoms with Crippen molar-refractivity contribution in [2.24, 2.45) is 0 Å². The van der Waals surface area contributed by atoms with Crippen LogP contribution in [0.1, 0.15) is 37.8 Å². The van der Waals surface area contributed by atoms with E-state index < -0.39 is 0 Å². The zero-order chi connectivity index (χ0) is 12.8. The summed E-state index contributed by atoms with van der Waals surface area (Å²) in [5.41, 5.74) is 1.25. The molecule has 0 amide bonds. The van der Waals surface area contributed by atoms with Gasteiger partial charge in [0.15, 0.2) is 0 Å². The lowest BCUT2D eigenvalue weighted by atomic mass is 10.0. The predicted molar refractivity (Wildman–Crippen MR) is 78.4 cm³/mol. The SMILES string of the molecule is CCCNC(C1=CCCCO1)c1ccccc1Br. The molecule has 2 nitrogen and oxygen atoms in total. The van der Waals surface area contributed by atoms with Gasteiger partial charge < -0.3 is 10.1 Å². The number of hydrogen-bond acceptors (Lipinski definition) is 2. The molecule has 0 fully saturated rings. The van der Waals surface area contributed by atoms with Crippen molar-refractivity contribution in [1.82, 2.24) is 5.32 Å². The highest BCUT2D eigenvalue weighted by Gasteiger charge is 2.20. The van der Waals surface area contributed by atoms with E-state index in [-0.39, 0.29) is 6.04 Å². The summed E-state index contributed by atoms with van der Waals surface area (Å²) >= 11 is 3.63. The lowest BCUT2D eigenvalue weighted by molar-refractivity contribution is 0.167. The first-order valence-corrected chi connectivity index (χ1v) is 7.43. The fourth-order valence-electron chi connectivity index (χ4n) is 2.14. The van der Waals surface area contributed by atoms with E-state index in [1.807, 2.05) is 6.07 Å². The van der Waals surface area contributed by atoms with Crippen LogP contribution in [-0.4, -0.2) is 13.2 Å². The molecular formula is C15H20BrNO. The van der Waals surface area contributed by atoms with E-state index in [1.54, 1.807) is 0 Å². The second kappa shape index (κ2) is 6.95. The molecule has 1 aliphatic heterocycles. The van der Waals surface area contributed by atoms with Crippen LogP contribution in [0.2, 0.25) is 0 Å². The van der Waals surface area contributed by atoms with E-state index in [0.717, 1.165) is 42.6 Å². The third-order valence-electron chi connectivity index (χ3n) is 3.06. The Labute approximate surface area is 118 Å². The molecule has 1 aromatic rings. The van der Waals surface area contributed by atoms with Gasteiger partial charge >= 0.3 is 0 Å². The summed E-state index contributed by atoms with van der Waals surface area (Å²) < 4.78 is 6.96. The smallest absolute Gasteiger partial charge is 0.113 e. The van der Waals surface area contributed by atoms with Crippen molar-refractivity contribution in [2.75, 3.05) is 13.2 Å². The molecule has 0 radical (unpaired) electrons. The standard InChI is InChI=1S/C15H20BrNO/c1-2-10-17-15(14-9-5-6-11-18-14)12-7-3-4-8-13(12)16/h3-4,7-9,15,17H,2,5-6,10-11H2,1H3. The Morgan fingerprint density at radius 3 is 2.89 bits per heavy atom. The van der Waals surface area contributed by atoms with Crippen LogP contribution in [0, 0.1) is 0 Å². The van der Waals surface area contributed by atoms with Crippen molar-refractivity contribution in [3.63, 3.8) is 0 Å². The number of halogens is 1. The van der Waals surface area contributed by atoms with Crippen molar-refractivity contribution < 1.29 is 4.74 Å². The number of benzene rings is 1. The van der Waals surface area contributed by atoms with Crippen molar-refractivity contribution in [3.05, 3.63) is 46.1 Å². The van der Waals surface area contributed by atoms with E-state index in [9.17, 15) is 0 Å². The summed E-state index contributed by atoms with van der Waals surface area (Å²) in [6.45, 7) is 4.01. The van der Waals surface area contributed by atoms with Crippen LogP contribution in [0.15, 0.2) is 40.6 Å². The minimum atomic E-state index is 0.167. The third kappa shape index (κ3) is 3.36. The first-order chi connectivity index (χ1) is 8.83. The zero-order valence-electron chi connectivity index (χ0n) is 10.8. The van der Waals surface area contributed by atoms with E-state index in [1.165, 1.54) is 5.56 Å². The van der Waals surface area contributed by atoms with Gasteiger partial charge in [0.2, 0.25) is 0 Å². The van der Waals surface area contributed by atoms with Crippen molar-refractivity contribution >= 4 is 15.9 Å². The molecule has 3 heteroatoms. The van der Waals surface area contributed by atoms with E-state index >= 15 is 0 Å². The van der Waals surface area contributed by atoms with Crippen LogP contribution < -0.4 is 5.32 Å². The molecule has 2 rings (SSSR count). The average molecular weight is 310 g/mol. The van der Waals surface area contributed by atoms with Crippen LogP contribution >= 0.6 is 15.9 Å². The van der Waals surface area contributed by atoms with Gasteiger partial charge in [0.05, 0.1) is 12.6 Å². The Bertz CT molecular complexity index is 417.